The van der Waals surface area contributed by atoms with Crippen LogP contribution < -0.4 is 15.5 Å². The first kappa shape index (κ1) is 25.9. The van der Waals surface area contributed by atoms with E-state index in [4.69, 9.17) is 33.0 Å². The zero-order chi connectivity index (χ0) is 22.8. The molecular formula is C20H30Cl2FN3O5. The number of amides is 2. The van der Waals surface area contributed by atoms with Gasteiger partial charge < -0.3 is 35.6 Å². The Balaban J connectivity index is 1.74. The maximum Gasteiger partial charge on any atom is 0.316 e. The van der Waals surface area contributed by atoms with Crippen LogP contribution in [0.1, 0.15) is 12.0 Å². The molecule has 0 radical (unpaired) electrons. The molecule has 176 valence electrons. The van der Waals surface area contributed by atoms with Crippen LogP contribution >= 0.6 is 23.2 Å². The molecule has 2 rings (SSSR count). The molecule has 1 aliphatic rings. The van der Waals surface area contributed by atoms with Crippen molar-refractivity contribution in [2.75, 3.05) is 42.9 Å². The molecule has 5 atom stereocenters. The first-order valence-corrected chi connectivity index (χ1v) is 11.2. The summed E-state index contributed by atoms with van der Waals surface area (Å²) in [4.78, 5) is 14.1. The Hall–Kier alpha value is -1.36. The number of hydrogen-bond acceptors (Lipinski definition) is 6. The molecule has 1 aliphatic heterocycles. The van der Waals surface area contributed by atoms with Gasteiger partial charge in [-0.05, 0) is 30.5 Å². The second-order valence-electron chi connectivity index (χ2n) is 7.24. The largest absolute Gasteiger partial charge is 0.394 e. The molecule has 0 bridgehead atoms. The van der Waals surface area contributed by atoms with Gasteiger partial charge in [0.2, 0.25) is 0 Å². The minimum Gasteiger partial charge on any atom is -0.394 e. The lowest BCUT2D eigenvalue weighted by Gasteiger charge is -2.38. The number of nitrogens with one attached hydrogen (secondary N) is 2. The summed E-state index contributed by atoms with van der Waals surface area (Å²) >= 11 is 11.7. The van der Waals surface area contributed by atoms with Crippen LogP contribution in [0.5, 0.6) is 0 Å². The quantitative estimate of drug-likeness (QED) is 0.237. The summed E-state index contributed by atoms with van der Waals surface area (Å²) in [6, 6.07) is 7.37. The third kappa shape index (κ3) is 7.62. The number of carbonyl (C=O) groups is 1. The third-order valence-electron chi connectivity index (χ3n) is 5.06. The molecule has 1 saturated heterocycles. The Morgan fingerprint density at radius 1 is 1.13 bits per heavy atom. The lowest BCUT2D eigenvalue weighted by atomic mass is 9.99. The number of ether oxygens (including phenoxy) is 1. The van der Waals surface area contributed by atoms with Crippen molar-refractivity contribution in [2.45, 2.75) is 43.6 Å². The molecular weight excluding hydrogens is 452 g/mol. The number of urea groups is 1. The zero-order valence-electron chi connectivity index (χ0n) is 17.1. The van der Waals surface area contributed by atoms with Crippen LogP contribution in [0.15, 0.2) is 24.3 Å². The molecule has 1 aromatic carbocycles. The fourth-order valence-electron chi connectivity index (χ4n) is 3.32. The molecule has 0 aliphatic carbocycles. The molecule has 0 spiro atoms. The Labute approximate surface area is 191 Å². The van der Waals surface area contributed by atoms with Crippen LogP contribution in [0.4, 0.5) is 14.9 Å². The number of aryl methyl sites for hydroxylation is 1. The highest BCUT2D eigenvalue weighted by Gasteiger charge is 2.45. The molecule has 1 fully saturated rings. The number of nitrogens with zero attached hydrogens (tertiary/aromatic N) is 1. The minimum atomic E-state index is -2.01. The summed E-state index contributed by atoms with van der Waals surface area (Å²) in [6.07, 6.45) is -6.60. The summed E-state index contributed by atoms with van der Waals surface area (Å²) in [5.74, 6) is 1.03. The van der Waals surface area contributed by atoms with Gasteiger partial charge in [0.05, 0.1) is 6.61 Å². The van der Waals surface area contributed by atoms with Gasteiger partial charge in [-0.2, -0.15) is 0 Å². The van der Waals surface area contributed by atoms with Crippen LogP contribution in [0, 0.1) is 0 Å². The highest BCUT2D eigenvalue weighted by atomic mass is 35.5. The van der Waals surface area contributed by atoms with Gasteiger partial charge in [-0.25, -0.2) is 9.18 Å². The van der Waals surface area contributed by atoms with E-state index in [1.54, 1.807) is 0 Å². The second kappa shape index (κ2) is 13.2. The minimum absolute atomic E-state index is 0.344. The fourth-order valence-corrected chi connectivity index (χ4v) is 3.73. The summed E-state index contributed by atoms with van der Waals surface area (Å²) < 4.78 is 19.2. The summed E-state index contributed by atoms with van der Waals surface area (Å²) in [7, 11) is 0. The van der Waals surface area contributed by atoms with Gasteiger partial charge in [0.1, 0.15) is 18.3 Å². The van der Waals surface area contributed by atoms with E-state index in [2.05, 4.69) is 15.5 Å². The molecule has 1 heterocycles. The average Bonchev–Trinajstić information content (AvgIpc) is 2.77. The SMILES string of the molecule is O=C(NCCCc1ccc(N(CCCl)CCCl)cc1)N[C@@H]1O[C@H](CO)[C@@H](O)[C@H](O)[C@@H]1F. The van der Waals surface area contributed by atoms with E-state index in [0.717, 1.165) is 17.7 Å². The van der Waals surface area contributed by atoms with E-state index in [0.29, 0.717) is 37.8 Å². The highest BCUT2D eigenvalue weighted by Crippen LogP contribution is 2.22. The van der Waals surface area contributed by atoms with E-state index >= 15 is 0 Å². The molecule has 2 amide bonds. The number of benzene rings is 1. The summed E-state index contributed by atoms with van der Waals surface area (Å²) in [5.41, 5.74) is 2.15. The smallest absolute Gasteiger partial charge is 0.316 e. The maximum absolute atomic E-state index is 14.1. The van der Waals surface area contributed by atoms with Crippen LogP contribution in [0.2, 0.25) is 0 Å². The van der Waals surface area contributed by atoms with E-state index in [1.807, 2.05) is 24.3 Å². The highest BCUT2D eigenvalue weighted by molar-refractivity contribution is 6.18. The first-order chi connectivity index (χ1) is 14.9. The van der Waals surface area contributed by atoms with Crippen LogP contribution in [-0.2, 0) is 11.2 Å². The van der Waals surface area contributed by atoms with Crippen LogP contribution in [0.25, 0.3) is 0 Å². The molecule has 0 aromatic heterocycles. The second-order valence-corrected chi connectivity index (χ2v) is 7.99. The predicted molar refractivity (Wildman–Crippen MR) is 118 cm³/mol. The molecule has 31 heavy (non-hydrogen) atoms. The van der Waals surface area contributed by atoms with Gasteiger partial charge in [0, 0.05) is 37.1 Å². The molecule has 1 aromatic rings. The molecule has 11 heteroatoms. The Bertz CT molecular complexity index is 665. The lowest BCUT2D eigenvalue weighted by molar-refractivity contribution is -0.216. The van der Waals surface area contributed by atoms with Crippen molar-refractivity contribution in [3.8, 4) is 0 Å². The maximum atomic E-state index is 14.1. The predicted octanol–water partition coefficient (Wildman–Crippen LogP) is 0.979. The zero-order valence-corrected chi connectivity index (χ0v) is 18.6. The number of halogens is 3. The van der Waals surface area contributed by atoms with Gasteiger partial charge in [0.15, 0.2) is 12.4 Å². The Kier molecular flexibility index (Phi) is 11.1. The Morgan fingerprint density at radius 2 is 1.77 bits per heavy atom. The van der Waals surface area contributed by atoms with Gasteiger partial charge in [-0.3, -0.25) is 0 Å². The van der Waals surface area contributed by atoms with Crippen LogP contribution in [-0.4, -0.2) is 90.1 Å². The molecule has 5 N–H and O–H groups in total. The summed E-state index contributed by atoms with van der Waals surface area (Å²) in [5, 5.41) is 33.3. The summed E-state index contributed by atoms with van der Waals surface area (Å²) in [6.45, 7) is 1.16. The van der Waals surface area contributed by atoms with Crippen molar-refractivity contribution in [3.63, 3.8) is 0 Å². The number of rotatable bonds is 11. The van der Waals surface area contributed by atoms with Crippen molar-refractivity contribution in [2.24, 2.45) is 0 Å². The van der Waals surface area contributed by atoms with Gasteiger partial charge >= 0.3 is 6.03 Å². The molecule has 8 nitrogen and oxygen atoms in total. The first-order valence-electron chi connectivity index (χ1n) is 10.2. The Morgan fingerprint density at radius 3 is 2.35 bits per heavy atom. The van der Waals surface area contributed by atoms with Gasteiger partial charge in [-0.1, -0.05) is 12.1 Å². The molecule has 0 unspecified atom stereocenters. The fraction of sp³-hybridized carbons (Fsp3) is 0.650. The van der Waals surface area contributed by atoms with Crippen LogP contribution in [0.3, 0.4) is 0 Å². The standard InChI is InChI=1S/C20H30Cl2FN3O5/c21-7-10-26(11-8-22)14-5-3-13(4-6-14)2-1-9-24-20(30)25-19-16(23)18(29)17(28)15(12-27)31-19/h3-6,15-19,27-29H,1-2,7-12H2,(H2,24,25,30)/t15-,16+,17-,18-,19-/m1/s1. The van der Waals surface area contributed by atoms with E-state index in [1.165, 1.54) is 0 Å². The van der Waals surface area contributed by atoms with E-state index < -0.39 is 43.3 Å². The number of anilines is 1. The topological polar surface area (TPSA) is 114 Å². The van der Waals surface area contributed by atoms with Crippen molar-refractivity contribution >= 4 is 34.9 Å². The monoisotopic (exact) mass is 481 g/mol. The van der Waals surface area contributed by atoms with Crippen molar-refractivity contribution in [3.05, 3.63) is 29.8 Å². The average molecular weight is 482 g/mol. The number of aliphatic hydroxyl groups excluding tert-OH is 3. The number of aliphatic hydroxyl groups is 3. The number of hydrogen-bond donors (Lipinski definition) is 5. The van der Waals surface area contributed by atoms with E-state index in [9.17, 15) is 19.4 Å². The molecule has 0 saturated carbocycles. The lowest BCUT2D eigenvalue weighted by Crippen LogP contribution is -2.62. The number of carbonyl (C=O) groups excluding carboxylic acids is 1. The van der Waals surface area contributed by atoms with Crippen molar-refractivity contribution in [1.82, 2.24) is 10.6 Å². The normalized spacial score (nSPS) is 25.8. The van der Waals surface area contributed by atoms with Gasteiger partial charge in [-0.15, -0.1) is 23.2 Å². The van der Waals surface area contributed by atoms with Crippen molar-refractivity contribution in [1.29, 1.82) is 0 Å². The van der Waals surface area contributed by atoms with Gasteiger partial charge in [0.25, 0.3) is 0 Å². The van der Waals surface area contributed by atoms with Crippen molar-refractivity contribution < 1.29 is 29.2 Å². The number of alkyl halides is 3. The van der Waals surface area contributed by atoms with E-state index in [-0.39, 0.29) is 0 Å². The third-order valence-corrected chi connectivity index (χ3v) is 5.40.